The molecule has 2 N–H and O–H groups in total. The van der Waals surface area contributed by atoms with Gasteiger partial charge in [-0.15, -0.1) is 0 Å². The van der Waals surface area contributed by atoms with Crippen molar-refractivity contribution in [3.05, 3.63) is 58.3 Å². The number of aromatic nitrogens is 2. The van der Waals surface area contributed by atoms with Crippen molar-refractivity contribution in [2.24, 2.45) is 0 Å². The minimum atomic E-state index is -1.49. The fraction of sp³-hybridized carbons (Fsp3) is 0. The van der Waals surface area contributed by atoms with Crippen molar-refractivity contribution in [1.29, 1.82) is 0 Å². The number of carboxylic acids is 1. The van der Waals surface area contributed by atoms with Crippen molar-refractivity contribution in [2.45, 2.75) is 0 Å². The first-order valence-electron chi connectivity index (χ1n) is 6.84. The van der Waals surface area contributed by atoms with E-state index in [-0.39, 0.29) is 21.4 Å². The molecule has 25 heavy (non-hydrogen) atoms. The fourth-order valence-corrected chi connectivity index (χ4v) is 2.61. The zero-order chi connectivity index (χ0) is 18.1. The Labute approximate surface area is 148 Å². The molecule has 0 unspecified atom stereocenters. The van der Waals surface area contributed by atoms with Crippen LogP contribution in [0.4, 0.5) is 4.79 Å². The average Bonchev–Trinajstić information content (AvgIpc) is 2.94. The number of rotatable bonds is 3. The molecule has 8 nitrogen and oxygen atoms in total. The van der Waals surface area contributed by atoms with Gasteiger partial charge in [0.2, 0.25) is 0 Å². The van der Waals surface area contributed by atoms with Crippen LogP contribution in [0.2, 0.25) is 0 Å². The van der Waals surface area contributed by atoms with Crippen LogP contribution in [0.3, 0.4) is 0 Å². The number of carboxylic acid groups (broad SMARTS) is 2. The van der Waals surface area contributed by atoms with E-state index >= 15 is 0 Å². The number of pyridine rings is 1. The van der Waals surface area contributed by atoms with E-state index < -0.39 is 23.7 Å². The molecule has 0 aliphatic rings. The van der Waals surface area contributed by atoms with E-state index in [9.17, 15) is 19.5 Å². The summed E-state index contributed by atoms with van der Waals surface area (Å²) in [5.74, 6) is -2.00. The lowest BCUT2D eigenvalue weighted by atomic mass is 10.2. The first-order valence-corrected chi connectivity index (χ1v) is 7.63. The molecular weight excluding hydrogens is 396 g/mol. The number of ether oxygens (including phenoxy) is 1. The molecule has 2 heterocycles. The van der Waals surface area contributed by atoms with Gasteiger partial charge in [-0.1, -0.05) is 18.2 Å². The number of carbonyl (C=O) groups excluding carboxylic acids is 1. The molecule has 2 aromatic heterocycles. The lowest BCUT2D eigenvalue weighted by Crippen LogP contribution is -2.15. The van der Waals surface area contributed by atoms with E-state index in [1.807, 2.05) is 0 Å². The number of halogens is 1. The lowest BCUT2D eigenvalue weighted by Gasteiger charge is -2.07. The maximum absolute atomic E-state index is 12.1. The third kappa shape index (κ3) is 3.09. The summed E-state index contributed by atoms with van der Waals surface area (Å²) in [6.07, 6.45) is -1.49. The molecule has 3 rings (SSSR count). The molecule has 0 amide bonds. The van der Waals surface area contributed by atoms with Crippen LogP contribution in [-0.4, -0.2) is 37.8 Å². The van der Waals surface area contributed by atoms with Gasteiger partial charge in [-0.2, -0.15) is 0 Å². The molecule has 0 spiro atoms. The number of aromatic carboxylic acids is 1. The largest absolute Gasteiger partial charge is 0.477 e. The van der Waals surface area contributed by atoms with Crippen LogP contribution in [0.25, 0.3) is 11.0 Å². The average molecular weight is 405 g/mol. The van der Waals surface area contributed by atoms with Gasteiger partial charge in [0.1, 0.15) is 5.69 Å². The van der Waals surface area contributed by atoms with E-state index in [0.717, 1.165) is 6.07 Å². The normalized spacial score (nSPS) is 10.6. The van der Waals surface area contributed by atoms with Gasteiger partial charge in [0, 0.05) is 5.39 Å². The Hall–Kier alpha value is -3.20. The number of esters is 1. The Morgan fingerprint density at radius 1 is 1.08 bits per heavy atom. The zero-order valence-electron chi connectivity index (χ0n) is 12.3. The zero-order valence-corrected chi connectivity index (χ0v) is 13.9. The molecule has 0 radical (unpaired) electrons. The molecular formula is C16H9BrN2O6. The van der Waals surface area contributed by atoms with Crippen LogP contribution in [-0.2, 0) is 0 Å². The van der Waals surface area contributed by atoms with E-state index in [4.69, 9.17) is 9.84 Å². The number of hydrogen-bond donors (Lipinski definition) is 2. The van der Waals surface area contributed by atoms with Gasteiger partial charge >= 0.3 is 18.0 Å². The second kappa shape index (κ2) is 6.36. The lowest BCUT2D eigenvalue weighted by molar-refractivity contribution is 0.0683. The van der Waals surface area contributed by atoms with E-state index in [1.54, 1.807) is 30.3 Å². The summed E-state index contributed by atoms with van der Waals surface area (Å²) < 4.78 is 5.87. The molecule has 126 valence electrons. The Balaban J connectivity index is 2.07. The van der Waals surface area contributed by atoms with E-state index in [2.05, 4.69) is 20.9 Å². The molecule has 1 aromatic carbocycles. The highest BCUT2D eigenvalue weighted by Crippen LogP contribution is 2.30. The molecule has 3 aromatic rings. The van der Waals surface area contributed by atoms with Crippen LogP contribution in [0, 0.1) is 0 Å². The van der Waals surface area contributed by atoms with Gasteiger partial charge in [0.05, 0.1) is 5.56 Å². The van der Waals surface area contributed by atoms with Crippen LogP contribution in [0.5, 0.6) is 5.75 Å². The molecule has 0 saturated carbocycles. The molecule has 0 aliphatic heterocycles. The Bertz CT molecular complexity index is 1010. The molecule has 0 atom stereocenters. The molecule has 0 saturated heterocycles. The number of benzene rings is 1. The Kier molecular flexibility index (Phi) is 4.24. The minimum Gasteiger partial charge on any atom is -0.477 e. The summed E-state index contributed by atoms with van der Waals surface area (Å²) in [4.78, 5) is 38.7. The van der Waals surface area contributed by atoms with Gasteiger partial charge in [0.15, 0.2) is 16.0 Å². The van der Waals surface area contributed by atoms with Crippen molar-refractivity contribution >= 4 is 45.0 Å². The summed E-state index contributed by atoms with van der Waals surface area (Å²) >= 11 is 3.11. The summed E-state index contributed by atoms with van der Waals surface area (Å²) in [7, 11) is 0. The Morgan fingerprint density at radius 2 is 1.76 bits per heavy atom. The van der Waals surface area contributed by atoms with Crippen molar-refractivity contribution in [3.63, 3.8) is 0 Å². The highest BCUT2D eigenvalue weighted by Gasteiger charge is 2.22. The maximum atomic E-state index is 12.1. The summed E-state index contributed by atoms with van der Waals surface area (Å²) in [5.41, 5.74) is -0.228. The van der Waals surface area contributed by atoms with E-state index in [1.165, 1.54) is 6.07 Å². The van der Waals surface area contributed by atoms with Crippen LogP contribution in [0.15, 0.2) is 47.1 Å². The highest BCUT2D eigenvalue weighted by atomic mass is 79.9. The number of nitrogens with zero attached hydrogens (tertiary/aromatic N) is 2. The standard InChI is InChI=1S/C16H9BrN2O6/c17-12-11(25-15(22)8-4-2-1-3-5-8)7-9-6-10(14(20)21)19(16(23)24)13(9)18-12/h1-7H,(H,20,21)(H,23,24). The fourth-order valence-electron chi connectivity index (χ4n) is 2.24. The maximum Gasteiger partial charge on any atom is 0.417 e. The molecule has 0 fully saturated rings. The third-order valence-electron chi connectivity index (χ3n) is 3.32. The topological polar surface area (TPSA) is 119 Å². The molecule has 9 heteroatoms. The van der Waals surface area contributed by atoms with E-state index in [0.29, 0.717) is 10.1 Å². The number of hydrogen-bond acceptors (Lipinski definition) is 5. The van der Waals surface area contributed by atoms with Crippen LogP contribution >= 0.6 is 15.9 Å². The highest BCUT2D eigenvalue weighted by molar-refractivity contribution is 9.10. The smallest absolute Gasteiger partial charge is 0.417 e. The first-order chi connectivity index (χ1) is 11.9. The number of carbonyl (C=O) groups is 3. The SMILES string of the molecule is O=C(Oc1cc2cc(C(=O)O)n(C(=O)O)c2nc1Br)c1ccccc1. The van der Waals surface area contributed by atoms with Gasteiger partial charge < -0.3 is 14.9 Å². The predicted octanol–water partition coefficient (Wildman–Crippen LogP) is 3.24. The number of fused-ring (bicyclic) bond motifs is 1. The van der Waals surface area contributed by atoms with Gasteiger partial charge in [-0.3, -0.25) is 0 Å². The minimum absolute atomic E-state index is 0.0424. The summed E-state index contributed by atoms with van der Waals surface area (Å²) in [6, 6.07) is 10.8. The van der Waals surface area contributed by atoms with Crippen molar-refractivity contribution in [2.75, 3.05) is 0 Å². The summed E-state index contributed by atoms with van der Waals surface area (Å²) in [5, 5.41) is 18.6. The molecule has 0 aliphatic carbocycles. The summed E-state index contributed by atoms with van der Waals surface area (Å²) in [6.45, 7) is 0. The second-order valence-electron chi connectivity index (χ2n) is 4.90. The van der Waals surface area contributed by atoms with Crippen molar-refractivity contribution in [1.82, 2.24) is 9.55 Å². The Morgan fingerprint density at radius 3 is 2.36 bits per heavy atom. The van der Waals surface area contributed by atoms with Gasteiger partial charge in [-0.05, 0) is 40.2 Å². The van der Waals surface area contributed by atoms with Crippen molar-refractivity contribution < 1.29 is 29.3 Å². The molecule has 0 bridgehead atoms. The second-order valence-corrected chi connectivity index (χ2v) is 5.65. The van der Waals surface area contributed by atoms with Crippen LogP contribution in [0.1, 0.15) is 20.8 Å². The first kappa shape index (κ1) is 16.7. The van der Waals surface area contributed by atoms with Crippen LogP contribution < -0.4 is 4.74 Å². The monoisotopic (exact) mass is 404 g/mol. The quantitative estimate of drug-likeness (QED) is 0.507. The third-order valence-corrected chi connectivity index (χ3v) is 3.89. The van der Waals surface area contributed by atoms with Crippen molar-refractivity contribution in [3.8, 4) is 5.75 Å². The van der Waals surface area contributed by atoms with Gasteiger partial charge in [0.25, 0.3) is 0 Å². The van der Waals surface area contributed by atoms with Gasteiger partial charge in [-0.25, -0.2) is 23.9 Å². The predicted molar refractivity (Wildman–Crippen MR) is 89.2 cm³/mol.